The molecule has 0 bridgehead atoms. The molecule has 54 heavy (non-hydrogen) atoms. The zero-order valence-electron chi connectivity index (χ0n) is 34.8. The lowest BCUT2D eigenvalue weighted by Gasteiger charge is -2.72. The van der Waals surface area contributed by atoms with Crippen LogP contribution in [0, 0.1) is 56.2 Å². The van der Waals surface area contributed by atoms with Gasteiger partial charge in [0, 0.05) is 35.4 Å². The fourth-order valence-corrected chi connectivity index (χ4v) is 13.7. The number of rotatable bonds is 11. The van der Waals surface area contributed by atoms with Gasteiger partial charge in [0.25, 0.3) is 0 Å². The number of esters is 1. The summed E-state index contributed by atoms with van der Waals surface area (Å²) in [6, 6.07) is 7.96. The summed E-state index contributed by atoms with van der Waals surface area (Å²) < 4.78 is 6.18. The molecule has 1 aromatic carbocycles. The molecule has 4 fully saturated rings. The number of ether oxygens (including phenoxy) is 1. The topological polar surface area (TPSA) is 104 Å². The molecule has 9 atom stereocenters. The fourth-order valence-electron chi connectivity index (χ4n) is 13.5. The van der Waals surface area contributed by atoms with Crippen LogP contribution in [0.15, 0.2) is 35.4 Å². The summed E-state index contributed by atoms with van der Waals surface area (Å²) in [4.78, 5) is 41.4. The molecule has 7 nitrogen and oxygen atoms in total. The predicted molar refractivity (Wildman–Crippen MR) is 214 cm³/mol. The third-order valence-corrected chi connectivity index (χ3v) is 16.9. The number of hydrogen-bond donors (Lipinski definition) is 2. The van der Waals surface area contributed by atoms with Gasteiger partial charge in [-0.2, -0.15) is 0 Å². The van der Waals surface area contributed by atoms with Crippen LogP contribution in [-0.4, -0.2) is 58.1 Å². The number of carboxylic acid groups (broad SMARTS) is 1. The molecule has 5 aliphatic rings. The molecule has 0 aromatic heterocycles. The van der Waals surface area contributed by atoms with Gasteiger partial charge in [0.15, 0.2) is 5.78 Å². The van der Waals surface area contributed by atoms with Crippen molar-refractivity contribution in [2.45, 2.75) is 152 Å². The van der Waals surface area contributed by atoms with Gasteiger partial charge in [0.05, 0.1) is 17.9 Å². The Hall–Kier alpha value is -2.22. The van der Waals surface area contributed by atoms with E-state index >= 15 is 0 Å². The molecule has 5 aliphatic carbocycles. The lowest BCUT2D eigenvalue weighted by atomic mass is 9.33. The highest BCUT2D eigenvalue weighted by atomic mass is 35.5. The number of aliphatic hydroxyl groups excluding tert-OH is 1. The van der Waals surface area contributed by atoms with E-state index in [4.69, 9.17) is 16.3 Å². The van der Waals surface area contributed by atoms with Crippen molar-refractivity contribution >= 4 is 29.3 Å². The number of likely N-dealkylation sites (N-methyl/N-ethyl adjacent to an activating group) is 1. The minimum Gasteiger partial charge on any atom is -0.481 e. The third-order valence-electron chi connectivity index (χ3n) is 16.7. The van der Waals surface area contributed by atoms with Crippen molar-refractivity contribution in [2.24, 2.45) is 56.2 Å². The molecule has 300 valence electrons. The first-order valence-corrected chi connectivity index (χ1v) is 21.3. The van der Waals surface area contributed by atoms with Crippen molar-refractivity contribution in [1.82, 2.24) is 4.90 Å². The molecule has 0 amide bonds. The zero-order valence-corrected chi connectivity index (χ0v) is 35.6. The molecular formula is C46H68ClNO6. The van der Waals surface area contributed by atoms with E-state index in [1.807, 2.05) is 18.2 Å². The highest BCUT2D eigenvalue weighted by Crippen LogP contribution is 2.77. The number of aliphatic carboxylic acids is 1. The second kappa shape index (κ2) is 14.3. The Balaban J connectivity index is 1.28. The largest absolute Gasteiger partial charge is 0.481 e. The number of allylic oxidation sites excluding steroid dienone is 1. The normalized spacial score (nSPS) is 36.7. The first-order chi connectivity index (χ1) is 25.1. The number of aliphatic hydroxyl groups is 1. The Labute approximate surface area is 330 Å². The summed E-state index contributed by atoms with van der Waals surface area (Å²) in [7, 11) is 0. The lowest BCUT2D eigenvalue weighted by molar-refractivity contribution is -0.235. The van der Waals surface area contributed by atoms with Crippen LogP contribution in [0.1, 0.15) is 139 Å². The second-order valence-electron chi connectivity index (χ2n) is 20.5. The number of carbonyl (C=O) groups excluding carboxylic acids is 2. The van der Waals surface area contributed by atoms with Crippen molar-refractivity contribution in [1.29, 1.82) is 0 Å². The minimum atomic E-state index is -1.17. The Morgan fingerprint density at radius 2 is 1.69 bits per heavy atom. The van der Waals surface area contributed by atoms with E-state index in [0.717, 1.165) is 69.0 Å². The summed E-state index contributed by atoms with van der Waals surface area (Å²) in [6.45, 7) is 23.8. The number of ketones is 1. The molecule has 0 heterocycles. The molecule has 0 saturated heterocycles. The smallest absolute Gasteiger partial charge is 0.309 e. The van der Waals surface area contributed by atoms with Gasteiger partial charge in [0.1, 0.15) is 6.10 Å². The van der Waals surface area contributed by atoms with Gasteiger partial charge < -0.3 is 14.9 Å². The molecule has 2 N–H and O–H groups in total. The van der Waals surface area contributed by atoms with Crippen LogP contribution >= 0.6 is 11.6 Å². The second-order valence-corrected chi connectivity index (χ2v) is 21.0. The SMILES string of the molecule is CCN(Cc1cccc(Cl)c1)C[C@H](O)[C@@]12CC[C@]3(C)[C@H](CC[C@@H]4[C@@]5(C)CC[C@H](OC(=O)CC(C)(C)C(=O)O)C(C)(C)C5CC[C@]43C)C1=C(C(C)C)C(=O)C2. The number of hydrogen-bond acceptors (Lipinski definition) is 6. The maximum Gasteiger partial charge on any atom is 0.309 e. The van der Waals surface area contributed by atoms with Crippen molar-refractivity contribution < 1.29 is 29.3 Å². The molecule has 0 spiro atoms. The Morgan fingerprint density at radius 3 is 2.31 bits per heavy atom. The van der Waals surface area contributed by atoms with Crippen LogP contribution in [0.2, 0.25) is 5.02 Å². The summed E-state index contributed by atoms with van der Waals surface area (Å²) in [5.74, 6) is 0.0361. The van der Waals surface area contributed by atoms with Crippen molar-refractivity contribution in [3.8, 4) is 0 Å². The van der Waals surface area contributed by atoms with Crippen LogP contribution in [0.25, 0.3) is 0 Å². The molecule has 6 rings (SSSR count). The van der Waals surface area contributed by atoms with E-state index in [0.29, 0.717) is 36.4 Å². The van der Waals surface area contributed by atoms with Crippen molar-refractivity contribution in [3.63, 3.8) is 0 Å². The van der Waals surface area contributed by atoms with Crippen LogP contribution in [-0.2, 0) is 25.7 Å². The number of carbonyl (C=O) groups is 3. The van der Waals surface area contributed by atoms with E-state index in [9.17, 15) is 24.6 Å². The Bertz CT molecular complexity index is 1680. The third kappa shape index (κ3) is 6.52. The fraction of sp³-hybridized carbons (Fsp3) is 0.761. The summed E-state index contributed by atoms with van der Waals surface area (Å²) >= 11 is 6.34. The Morgan fingerprint density at radius 1 is 0.981 bits per heavy atom. The molecule has 8 heteroatoms. The number of carboxylic acids is 1. The monoisotopic (exact) mass is 765 g/mol. The van der Waals surface area contributed by atoms with Gasteiger partial charge in [0.2, 0.25) is 0 Å². The number of Topliss-reactive ketones (excluding diaryl/α,β-unsaturated/α-hetero) is 1. The number of nitrogens with zero attached hydrogens (tertiary/aromatic N) is 1. The number of halogens is 1. The minimum absolute atomic E-state index is 0.0195. The lowest BCUT2D eigenvalue weighted by Crippen LogP contribution is -2.66. The van der Waals surface area contributed by atoms with Crippen molar-refractivity contribution in [2.75, 3.05) is 13.1 Å². The van der Waals surface area contributed by atoms with Gasteiger partial charge in [-0.25, -0.2) is 0 Å². The first-order valence-electron chi connectivity index (χ1n) is 20.9. The summed E-state index contributed by atoms with van der Waals surface area (Å²) in [5.41, 5.74) is 1.56. The molecule has 1 aromatic rings. The van der Waals surface area contributed by atoms with Crippen molar-refractivity contribution in [3.05, 3.63) is 46.0 Å². The molecule has 1 unspecified atom stereocenters. The van der Waals surface area contributed by atoms with Gasteiger partial charge in [-0.15, -0.1) is 0 Å². The molecular weight excluding hydrogens is 698 g/mol. The zero-order chi connectivity index (χ0) is 39.8. The Kier molecular flexibility index (Phi) is 11.0. The first kappa shape index (κ1) is 41.4. The van der Waals surface area contributed by atoms with Gasteiger partial charge in [-0.1, -0.05) is 84.7 Å². The van der Waals surface area contributed by atoms with Crippen LogP contribution in [0.5, 0.6) is 0 Å². The predicted octanol–water partition coefficient (Wildman–Crippen LogP) is 9.92. The molecule has 4 saturated carbocycles. The number of fused-ring (bicyclic) bond motifs is 7. The average molecular weight is 767 g/mol. The van der Waals surface area contributed by atoms with Crippen LogP contribution in [0.3, 0.4) is 0 Å². The molecule has 0 radical (unpaired) electrons. The van der Waals surface area contributed by atoms with E-state index in [-0.39, 0.29) is 51.8 Å². The van der Waals surface area contributed by atoms with Crippen LogP contribution < -0.4 is 0 Å². The van der Waals surface area contributed by atoms with Gasteiger partial charge in [-0.05, 0) is 135 Å². The van der Waals surface area contributed by atoms with E-state index < -0.39 is 28.9 Å². The van der Waals surface area contributed by atoms with E-state index in [2.05, 4.69) is 66.4 Å². The summed E-state index contributed by atoms with van der Waals surface area (Å²) in [5, 5.41) is 22.8. The molecule has 0 aliphatic heterocycles. The maximum absolute atomic E-state index is 14.2. The number of benzene rings is 1. The highest BCUT2D eigenvalue weighted by Gasteiger charge is 2.70. The standard InChI is InChI=1S/C46H68ClNO6/c1-11-48(26-29-13-12-14-30(47)23-29)27-35(50)46-22-21-44(9)31(39(46)38(28(2)3)32(49)24-46)15-16-34-43(8)19-18-36(54-37(51)25-41(4,5)40(52)53)42(6,7)33(43)17-20-45(34,44)10/h12-14,23,28,31,33-36,50H,11,15-22,24-27H2,1-10H3,(H,52,53)/t31-,33?,34-,35+,36+,43+,44-,45-,46+/m1/s1. The van der Waals surface area contributed by atoms with Gasteiger partial charge >= 0.3 is 11.9 Å². The van der Waals surface area contributed by atoms with E-state index in [1.165, 1.54) is 5.57 Å². The van der Waals surface area contributed by atoms with Gasteiger partial charge in [-0.3, -0.25) is 19.3 Å². The summed E-state index contributed by atoms with van der Waals surface area (Å²) in [6.07, 6.45) is 7.20. The maximum atomic E-state index is 14.2. The average Bonchev–Trinajstić information content (AvgIpc) is 3.39. The van der Waals surface area contributed by atoms with E-state index in [1.54, 1.807) is 13.8 Å². The van der Waals surface area contributed by atoms with Crippen LogP contribution in [0.4, 0.5) is 0 Å². The quantitative estimate of drug-likeness (QED) is 0.216. The highest BCUT2D eigenvalue weighted by molar-refractivity contribution is 6.30.